The molecule has 0 saturated carbocycles. The molecule has 1 fully saturated rings. The molecule has 4 heteroatoms. The fourth-order valence-electron chi connectivity index (χ4n) is 3.38. The summed E-state index contributed by atoms with van der Waals surface area (Å²) in [6.07, 6.45) is 2.69. The first-order valence-corrected chi connectivity index (χ1v) is 9.53. The molecule has 0 radical (unpaired) electrons. The Bertz CT molecular complexity index is 715. The first kappa shape index (κ1) is 18.5. The fraction of sp³-hybridized carbons (Fsp3) is 0.409. The molecule has 1 aliphatic heterocycles. The second-order valence-electron chi connectivity index (χ2n) is 7.07. The van der Waals surface area contributed by atoms with Crippen molar-refractivity contribution in [3.8, 4) is 0 Å². The van der Waals surface area contributed by atoms with Crippen LogP contribution in [0.2, 0.25) is 0 Å². The summed E-state index contributed by atoms with van der Waals surface area (Å²) in [7, 11) is 1.81. The molecule has 1 saturated heterocycles. The van der Waals surface area contributed by atoms with Crippen LogP contribution in [0.15, 0.2) is 53.5 Å². The number of hydrogen-bond donors (Lipinski definition) is 2. The van der Waals surface area contributed by atoms with E-state index in [9.17, 15) is 0 Å². The predicted molar refractivity (Wildman–Crippen MR) is 109 cm³/mol. The third-order valence-corrected chi connectivity index (χ3v) is 4.85. The third kappa shape index (κ3) is 5.60. The molecule has 3 rings (SSSR count). The van der Waals surface area contributed by atoms with Gasteiger partial charge in [0.1, 0.15) is 0 Å². The molecule has 0 amide bonds. The number of likely N-dealkylation sites (tertiary alicyclic amines) is 1. The molecule has 0 aliphatic carbocycles. The molecular formula is C22H30N4. The molecule has 0 unspecified atom stereocenters. The van der Waals surface area contributed by atoms with Gasteiger partial charge < -0.3 is 10.6 Å². The van der Waals surface area contributed by atoms with Crippen molar-refractivity contribution in [2.75, 3.05) is 20.1 Å². The largest absolute Gasteiger partial charge is 0.352 e. The zero-order valence-corrected chi connectivity index (χ0v) is 16.0. The van der Waals surface area contributed by atoms with Gasteiger partial charge in [-0.15, -0.1) is 0 Å². The summed E-state index contributed by atoms with van der Waals surface area (Å²) in [6, 6.07) is 17.5. The molecule has 0 atom stereocenters. The number of guanidine groups is 1. The fourth-order valence-corrected chi connectivity index (χ4v) is 3.38. The summed E-state index contributed by atoms with van der Waals surface area (Å²) < 4.78 is 0. The van der Waals surface area contributed by atoms with E-state index in [-0.39, 0.29) is 0 Å². The Morgan fingerprint density at radius 3 is 2.23 bits per heavy atom. The minimum atomic E-state index is 0.774. The maximum Gasteiger partial charge on any atom is 0.191 e. The van der Waals surface area contributed by atoms with Gasteiger partial charge in [0.2, 0.25) is 0 Å². The lowest BCUT2D eigenvalue weighted by Crippen LogP contribution is -2.36. The van der Waals surface area contributed by atoms with Crippen LogP contribution in [0.1, 0.15) is 35.1 Å². The maximum absolute atomic E-state index is 4.31. The van der Waals surface area contributed by atoms with E-state index in [2.05, 4.69) is 76.0 Å². The monoisotopic (exact) mass is 350 g/mol. The number of nitrogens with zero attached hydrogens (tertiary/aromatic N) is 2. The van der Waals surface area contributed by atoms with Crippen LogP contribution in [0.25, 0.3) is 0 Å². The van der Waals surface area contributed by atoms with Crippen molar-refractivity contribution in [2.24, 2.45) is 4.99 Å². The quantitative estimate of drug-likeness (QED) is 0.619. The molecule has 2 aromatic rings. The lowest BCUT2D eigenvalue weighted by atomic mass is 10.1. The Morgan fingerprint density at radius 1 is 0.923 bits per heavy atom. The number of nitrogens with one attached hydrogen (secondary N) is 2. The normalized spacial score (nSPS) is 15.2. The highest BCUT2D eigenvalue weighted by atomic mass is 15.2. The van der Waals surface area contributed by atoms with E-state index < -0.39 is 0 Å². The SMILES string of the molecule is CN=C(NCc1ccc(CN2CCCC2)cc1)NCc1cccc(C)c1. The molecule has 0 bridgehead atoms. The van der Waals surface area contributed by atoms with Crippen LogP contribution < -0.4 is 10.6 Å². The molecule has 0 spiro atoms. The zero-order chi connectivity index (χ0) is 18.2. The van der Waals surface area contributed by atoms with Gasteiger partial charge in [-0.2, -0.15) is 0 Å². The lowest BCUT2D eigenvalue weighted by Gasteiger charge is -2.15. The highest BCUT2D eigenvalue weighted by molar-refractivity contribution is 5.79. The van der Waals surface area contributed by atoms with Crippen LogP contribution in [0.3, 0.4) is 0 Å². The predicted octanol–water partition coefficient (Wildman–Crippen LogP) is 3.46. The maximum atomic E-state index is 4.31. The molecule has 2 aromatic carbocycles. The topological polar surface area (TPSA) is 39.7 Å². The van der Waals surface area contributed by atoms with E-state index >= 15 is 0 Å². The first-order chi connectivity index (χ1) is 12.7. The van der Waals surface area contributed by atoms with E-state index in [4.69, 9.17) is 0 Å². The minimum Gasteiger partial charge on any atom is -0.352 e. The van der Waals surface area contributed by atoms with Gasteiger partial charge in [0, 0.05) is 26.7 Å². The molecule has 1 heterocycles. The van der Waals surface area contributed by atoms with E-state index in [1.165, 1.54) is 48.2 Å². The Kier molecular flexibility index (Phi) is 6.67. The van der Waals surface area contributed by atoms with Crippen molar-refractivity contribution in [3.05, 3.63) is 70.8 Å². The molecule has 138 valence electrons. The highest BCUT2D eigenvalue weighted by Crippen LogP contribution is 2.13. The molecule has 2 N–H and O–H groups in total. The standard InChI is InChI=1S/C22H30N4/c1-18-6-5-7-21(14-18)16-25-22(23-2)24-15-19-8-10-20(11-9-19)17-26-12-3-4-13-26/h5-11,14H,3-4,12-13,15-17H2,1-2H3,(H2,23,24,25). The highest BCUT2D eigenvalue weighted by Gasteiger charge is 2.11. The van der Waals surface area contributed by atoms with Gasteiger partial charge in [-0.25, -0.2) is 0 Å². The zero-order valence-electron chi connectivity index (χ0n) is 16.0. The van der Waals surface area contributed by atoms with Gasteiger partial charge in [0.15, 0.2) is 5.96 Å². The van der Waals surface area contributed by atoms with Crippen molar-refractivity contribution in [2.45, 2.75) is 39.4 Å². The van der Waals surface area contributed by atoms with E-state index in [1.54, 1.807) is 0 Å². The molecule has 1 aliphatic rings. The Hall–Kier alpha value is -2.33. The third-order valence-electron chi connectivity index (χ3n) is 4.85. The van der Waals surface area contributed by atoms with Crippen molar-refractivity contribution < 1.29 is 0 Å². The minimum absolute atomic E-state index is 0.774. The summed E-state index contributed by atoms with van der Waals surface area (Å²) >= 11 is 0. The van der Waals surface area contributed by atoms with Gasteiger partial charge in [-0.05, 0) is 49.5 Å². The van der Waals surface area contributed by atoms with Gasteiger partial charge in [0.25, 0.3) is 0 Å². The Morgan fingerprint density at radius 2 is 1.58 bits per heavy atom. The Labute approximate surface area is 157 Å². The van der Waals surface area contributed by atoms with Crippen molar-refractivity contribution in [1.29, 1.82) is 0 Å². The summed E-state index contributed by atoms with van der Waals surface area (Å²) in [5.41, 5.74) is 5.21. The second kappa shape index (κ2) is 9.39. The van der Waals surface area contributed by atoms with Gasteiger partial charge >= 0.3 is 0 Å². The summed E-state index contributed by atoms with van der Waals surface area (Å²) in [4.78, 5) is 6.85. The molecule has 4 nitrogen and oxygen atoms in total. The average Bonchev–Trinajstić information content (AvgIpc) is 3.16. The molecule has 26 heavy (non-hydrogen) atoms. The van der Waals surface area contributed by atoms with Crippen LogP contribution in [0.4, 0.5) is 0 Å². The van der Waals surface area contributed by atoms with Crippen molar-refractivity contribution >= 4 is 5.96 Å². The number of aryl methyl sites for hydroxylation is 1. The van der Waals surface area contributed by atoms with Crippen molar-refractivity contribution in [1.82, 2.24) is 15.5 Å². The Balaban J connectivity index is 1.45. The summed E-state index contributed by atoms with van der Waals surface area (Å²) in [5, 5.41) is 6.77. The van der Waals surface area contributed by atoms with Crippen molar-refractivity contribution in [3.63, 3.8) is 0 Å². The molecule has 0 aromatic heterocycles. The number of rotatable bonds is 6. The van der Waals surface area contributed by atoms with Gasteiger partial charge in [-0.3, -0.25) is 9.89 Å². The van der Waals surface area contributed by atoms with Crippen LogP contribution in [-0.4, -0.2) is 31.0 Å². The van der Waals surface area contributed by atoms with Crippen LogP contribution >= 0.6 is 0 Å². The van der Waals surface area contributed by atoms with E-state index in [0.717, 1.165) is 25.6 Å². The van der Waals surface area contributed by atoms with Gasteiger partial charge in [0.05, 0.1) is 0 Å². The summed E-state index contributed by atoms with van der Waals surface area (Å²) in [6.45, 7) is 7.23. The van der Waals surface area contributed by atoms with E-state index in [1.807, 2.05) is 7.05 Å². The van der Waals surface area contributed by atoms with E-state index in [0.29, 0.717) is 0 Å². The first-order valence-electron chi connectivity index (χ1n) is 9.53. The van der Waals surface area contributed by atoms with Crippen LogP contribution in [-0.2, 0) is 19.6 Å². The van der Waals surface area contributed by atoms with Crippen LogP contribution in [0.5, 0.6) is 0 Å². The number of aliphatic imine (C=N–C) groups is 1. The van der Waals surface area contributed by atoms with Crippen LogP contribution in [0, 0.1) is 6.92 Å². The lowest BCUT2D eigenvalue weighted by molar-refractivity contribution is 0.331. The average molecular weight is 351 g/mol. The number of hydrogen-bond acceptors (Lipinski definition) is 2. The summed E-state index contributed by atoms with van der Waals surface area (Å²) in [5.74, 6) is 0.827. The number of benzene rings is 2. The second-order valence-corrected chi connectivity index (χ2v) is 7.07. The van der Waals surface area contributed by atoms with Gasteiger partial charge in [-0.1, -0.05) is 54.1 Å². The smallest absolute Gasteiger partial charge is 0.191 e. The molecular weight excluding hydrogens is 320 g/mol.